The Morgan fingerprint density at radius 2 is 1.86 bits per heavy atom. The maximum Gasteiger partial charge on any atom is 0.263 e. The van der Waals surface area contributed by atoms with Gasteiger partial charge >= 0.3 is 0 Å². The maximum absolute atomic E-state index is 13.8. The zero-order valence-electron chi connectivity index (χ0n) is 14.3. The molecule has 0 saturated carbocycles. The highest BCUT2D eigenvalue weighted by molar-refractivity contribution is 6.07. The number of carbonyl (C=O) groups is 2. The lowest BCUT2D eigenvalue weighted by Gasteiger charge is -2.30. The van der Waals surface area contributed by atoms with Crippen molar-refractivity contribution in [3.63, 3.8) is 0 Å². The highest BCUT2D eigenvalue weighted by Gasteiger charge is 2.39. The molecule has 28 heavy (non-hydrogen) atoms. The molecule has 1 aliphatic heterocycles. The van der Waals surface area contributed by atoms with Gasteiger partial charge in [0.25, 0.3) is 6.43 Å². The smallest absolute Gasteiger partial charge is 0.263 e. The number of anilines is 1. The van der Waals surface area contributed by atoms with Gasteiger partial charge in [-0.2, -0.15) is 0 Å². The molecule has 2 amide bonds. The van der Waals surface area contributed by atoms with Gasteiger partial charge in [-0.05, 0) is 30.2 Å². The van der Waals surface area contributed by atoms with Crippen molar-refractivity contribution in [2.75, 3.05) is 11.9 Å². The maximum atomic E-state index is 13.8. The summed E-state index contributed by atoms with van der Waals surface area (Å²) in [5.74, 6) is -8.48. The van der Waals surface area contributed by atoms with E-state index in [4.69, 9.17) is 0 Å². The molecular weight excluding hydrogens is 383 g/mol. The molecular formula is C19H15F5N2O2. The van der Waals surface area contributed by atoms with Crippen molar-refractivity contribution in [1.29, 1.82) is 0 Å². The molecule has 0 bridgehead atoms. The number of hydrogen-bond acceptors (Lipinski definition) is 2. The van der Waals surface area contributed by atoms with Crippen molar-refractivity contribution in [2.45, 2.75) is 18.8 Å². The molecule has 4 nitrogen and oxygen atoms in total. The summed E-state index contributed by atoms with van der Waals surface area (Å²) in [5, 5.41) is 4.58. The topological polar surface area (TPSA) is 58.2 Å². The molecule has 2 unspecified atom stereocenters. The van der Waals surface area contributed by atoms with Crippen molar-refractivity contribution >= 4 is 17.5 Å². The number of halogens is 5. The van der Waals surface area contributed by atoms with Gasteiger partial charge in [-0.25, -0.2) is 22.0 Å². The first-order valence-corrected chi connectivity index (χ1v) is 8.39. The molecule has 0 aliphatic carbocycles. The molecule has 148 valence electrons. The molecule has 2 atom stereocenters. The molecule has 2 aromatic rings. The van der Waals surface area contributed by atoms with Gasteiger partial charge in [-0.15, -0.1) is 0 Å². The molecule has 9 heteroatoms. The summed E-state index contributed by atoms with van der Waals surface area (Å²) in [7, 11) is 0. The van der Waals surface area contributed by atoms with E-state index in [0.717, 1.165) is 6.07 Å². The molecule has 2 N–H and O–H groups in total. The Bertz CT molecular complexity index is 919. The van der Waals surface area contributed by atoms with Crippen LogP contribution in [0.4, 0.5) is 27.6 Å². The lowest BCUT2D eigenvalue weighted by atomic mass is 9.79. The highest BCUT2D eigenvalue weighted by Crippen LogP contribution is 2.34. The lowest BCUT2D eigenvalue weighted by Crippen LogP contribution is -2.46. The van der Waals surface area contributed by atoms with Crippen LogP contribution in [0.3, 0.4) is 0 Å². The number of benzene rings is 2. The third-order valence-corrected chi connectivity index (χ3v) is 4.61. The quantitative estimate of drug-likeness (QED) is 0.466. The molecule has 2 aromatic carbocycles. The summed E-state index contributed by atoms with van der Waals surface area (Å²) in [6.07, 6.45) is -2.43. The van der Waals surface area contributed by atoms with Crippen molar-refractivity contribution < 1.29 is 31.5 Å². The number of alkyl halides is 2. The van der Waals surface area contributed by atoms with Crippen LogP contribution in [0.1, 0.15) is 29.9 Å². The number of hydrogen-bond donors (Lipinski definition) is 2. The van der Waals surface area contributed by atoms with Gasteiger partial charge in [-0.3, -0.25) is 9.59 Å². The third-order valence-electron chi connectivity index (χ3n) is 4.61. The van der Waals surface area contributed by atoms with Gasteiger partial charge in [-0.1, -0.05) is 18.2 Å². The number of amides is 2. The Morgan fingerprint density at radius 1 is 1.11 bits per heavy atom. The van der Waals surface area contributed by atoms with E-state index in [0.29, 0.717) is 11.6 Å². The Kier molecular flexibility index (Phi) is 5.62. The predicted molar refractivity (Wildman–Crippen MR) is 90.2 cm³/mol. The zero-order valence-corrected chi connectivity index (χ0v) is 14.3. The summed E-state index contributed by atoms with van der Waals surface area (Å²) in [6, 6.07) is 6.83. The van der Waals surface area contributed by atoms with Crippen LogP contribution in [0.25, 0.3) is 0 Å². The van der Waals surface area contributed by atoms with E-state index in [1.54, 1.807) is 0 Å². The average molecular weight is 398 g/mol. The molecule has 1 heterocycles. The summed E-state index contributed by atoms with van der Waals surface area (Å²) in [6.45, 7) is 0.228. The van der Waals surface area contributed by atoms with Gasteiger partial charge < -0.3 is 10.6 Å². The fourth-order valence-corrected chi connectivity index (χ4v) is 3.23. The second-order valence-electron chi connectivity index (χ2n) is 6.35. The molecule has 1 aliphatic rings. The summed E-state index contributed by atoms with van der Waals surface area (Å²) >= 11 is 0. The van der Waals surface area contributed by atoms with Crippen LogP contribution in [0.15, 0.2) is 36.4 Å². The Balaban J connectivity index is 1.91. The van der Waals surface area contributed by atoms with Crippen molar-refractivity contribution in [3.8, 4) is 0 Å². The van der Waals surface area contributed by atoms with Crippen molar-refractivity contribution in [2.24, 2.45) is 5.92 Å². The van der Waals surface area contributed by atoms with Crippen LogP contribution < -0.4 is 10.6 Å². The van der Waals surface area contributed by atoms with Crippen LogP contribution in [0.2, 0.25) is 0 Å². The average Bonchev–Trinajstić information content (AvgIpc) is 2.68. The van der Waals surface area contributed by atoms with Gasteiger partial charge in [0.2, 0.25) is 11.8 Å². The second-order valence-corrected chi connectivity index (χ2v) is 6.35. The van der Waals surface area contributed by atoms with E-state index in [-0.39, 0.29) is 18.5 Å². The molecule has 0 radical (unpaired) electrons. The van der Waals surface area contributed by atoms with Crippen molar-refractivity contribution in [3.05, 3.63) is 65.0 Å². The van der Waals surface area contributed by atoms with Gasteiger partial charge in [0.1, 0.15) is 5.92 Å². The third kappa shape index (κ3) is 3.83. The van der Waals surface area contributed by atoms with E-state index < -0.39 is 53.2 Å². The first kappa shape index (κ1) is 19.8. The van der Waals surface area contributed by atoms with Crippen LogP contribution in [-0.2, 0) is 9.59 Å². The number of nitrogens with one attached hydrogen (secondary N) is 2. The first-order valence-electron chi connectivity index (χ1n) is 8.39. The molecule has 0 aromatic heterocycles. The molecule has 0 spiro atoms. The Labute approximate surface area is 156 Å². The second kappa shape index (κ2) is 7.95. The summed E-state index contributed by atoms with van der Waals surface area (Å²) < 4.78 is 66.2. The van der Waals surface area contributed by atoms with Gasteiger partial charge in [0, 0.05) is 18.0 Å². The number of rotatable bonds is 4. The van der Waals surface area contributed by atoms with Crippen molar-refractivity contribution in [1.82, 2.24) is 5.32 Å². The SMILES string of the molecule is O=C1NCCC(c2cccc(C(F)F)c2)C1C(=O)Nc1ccc(F)c(F)c1F. The highest BCUT2D eigenvalue weighted by atomic mass is 19.3. The van der Waals surface area contributed by atoms with E-state index >= 15 is 0 Å². The minimum absolute atomic E-state index is 0.228. The van der Waals surface area contributed by atoms with E-state index in [9.17, 15) is 31.5 Å². The van der Waals surface area contributed by atoms with E-state index in [1.807, 2.05) is 0 Å². The Hall–Kier alpha value is -2.97. The van der Waals surface area contributed by atoms with Gasteiger partial charge in [0.05, 0.1) is 5.69 Å². The largest absolute Gasteiger partial charge is 0.355 e. The molecule has 1 fully saturated rings. The minimum Gasteiger partial charge on any atom is -0.355 e. The predicted octanol–water partition coefficient (Wildman–Crippen LogP) is 3.90. The molecule has 3 rings (SSSR count). The van der Waals surface area contributed by atoms with E-state index in [1.165, 1.54) is 24.3 Å². The normalized spacial score (nSPS) is 19.4. The Morgan fingerprint density at radius 3 is 2.57 bits per heavy atom. The summed E-state index contributed by atoms with van der Waals surface area (Å²) in [5.41, 5.74) is -0.518. The number of piperidine rings is 1. The van der Waals surface area contributed by atoms with Gasteiger partial charge in [0.15, 0.2) is 17.5 Å². The fraction of sp³-hybridized carbons (Fsp3) is 0.263. The first-order chi connectivity index (χ1) is 13.3. The minimum atomic E-state index is -2.72. The monoisotopic (exact) mass is 398 g/mol. The van der Waals surface area contributed by atoms with Crippen LogP contribution in [-0.4, -0.2) is 18.4 Å². The lowest BCUT2D eigenvalue weighted by molar-refractivity contribution is -0.135. The van der Waals surface area contributed by atoms with E-state index in [2.05, 4.69) is 10.6 Å². The standard InChI is InChI=1S/C19H15F5N2O2/c20-12-4-5-13(16(22)15(12)21)26-19(28)14-11(6-7-25-18(14)27)9-2-1-3-10(8-9)17(23)24/h1-5,8,11,14,17H,6-7H2,(H,25,27)(H,26,28). The summed E-state index contributed by atoms with van der Waals surface area (Å²) in [4.78, 5) is 24.9. The zero-order chi connectivity index (χ0) is 20.4. The fourth-order valence-electron chi connectivity index (χ4n) is 3.23. The van der Waals surface area contributed by atoms with Crippen LogP contribution in [0, 0.1) is 23.4 Å². The number of carbonyl (C=O) groups excluding carboxylic acids is 2. The van der Waals surface area contributed by atoms with Crippen LogP contribution in [0.5, 0.6) is 0 Å². The molecule has 1 saturated heterocycles. The van der Waals surface area contributed by atoms with Crippen LogP contribution >= 0.6 is 0 Å².